The number of benzene rings is 2. The summed E-state index contributed by atoms with van der Waals surface area (Å²) in [4.78, 5) is 33.9. The van der Waals surface area contributed by atoms with Crippen molar-refractivity contribution in [3.63, 3.8) is 0 Å². The number of thiophene rings is 1. The summed E-state index contributed by atoms with van der Waals surface area (Å²) in [6, 6.07) is 14.3. The second-order valence-corrected chi connectivity index (χ2v) is 10.8. The van der Waals surface area contributed by atoms with Crippen molar-refractivity contribution in [1.82, 2.24) is 9.97 Å². The predicted octanol–water partition coefficient (Wildman–Crippen LogP) is 6.94. The molecule has 34 heavy (non-hydrogen) atoms. The minimum Gasteiger partial charge on any atom is -0.325 e. The van der Waals surface area contributed by atoms with Gasteiger partial charge < -0.3 is 10.3 Å². The van der Waals surface area contributed by atoms with E-state index in [0.29, 0.717) is 27.2 Å². The van der Waals surface area contributed by atoms with E-state index in [1.54, 1.807) is 0 Å². The van der Waals surface area contributed by atoms with Crippen LogP contribution in [0.4, 0.5) is 5.69 Å². The van der Waals surface area contributed by atoms with Crippen LogP contribution in [-0.4, -0.2) is 21.6 Å². The first-order chi connectivity index (χ1) is 16.2. The topological polar surface area (TPSA) is 74.8 Å². The highest BCUT2D eigenvalue weighted by Gasteiger charge is 2.17. The second-order valence-electron chi connectivity index (χ2n) is 9.02. The van der Waals surface area contributed by atoms with Gasteiger partial charge in [0.1, 0.15) is 4.83 Å². The average molecular weight is 492 g/mol. The Labute approximate surface area is 208 Å². The van der Waals surface area contributed by atoms with E-state index in [2.05, 4.69) is 55.1 Å². The van der Waals surface area contributed by atoms with Crippen LogP contribution in [0.2, 0.25) is 0 Å². The number of aryl methyl sites for hydroxylation is 1. The maximum Gasteiger partial charge on any atom is 0.260 e. The number of rotatable bonds is 7. The van der Waals surface area contributed by atoms with Crippen LogP contribution in [0.1, 0.15) is 56.2 Å². The molecule has 2 N–H and O–H groups in total. The predicted molar refractivity (Wildman–Crippen MR) is 144 cm³/mol. The quantitative estimate of drug-likeness (QED) is 0.217. The zero-order valence-electron chi connectivity index (χ0n) is 20.1. The molecule has 2 aromatic heterocycles. The molecule has 0 fully saturated rings. The van der Waals surface area contributed by atoms with Gasteiger partial charge in [0.2, 0.25) is 5.91 Å². The first kappa shape index (κ1) is 24.2. The van der Waals surface area contributed by atoms with Gasteiger partial charge >= 0.3 is 0 Å². The van der Waals surface area contributed by atoms with E-state index in [4.69, 9.17) is 0 Å². The van der Waals surface area contributed by atoms with Gasteiger partial charge in [0.25, 0.3) is 5.56 Å². The molecule has 0 unspecified atom stereocenters. The molecule has 0 aliphatic rings. The lowest BCUT2D eigenvalue weighted by Gasteiger charge is -2.20. The summed E-state index contributed by atoms with van der Waals surface area (Å²) in [7, 11) is 0. The molecule has 0 radical (unpaired) electrons. The van der Waals surface area contributed by atoms with Gasteiger partial charge in [0, 0.05) is 16.6 Å². The molecular weight excluding hydrogens is 462 g/mol. The number of aromatic nitrogens is 2. The maximum atomic E-state index is 12.9. The normalized spacial score (nSPS) is 11.5. The first-order valence-electron chi connectivity index (χ1n) is 11.4. The Morgan fingerprint density at radius 2 is 1.71 bits per heavy atom. The number of para-hydroxylation sites is 1. The number of carbonyl (C=O) groups excluding carboxylic acids is 1. The number of nitrogens with zero attached hydrogens (tertiary/aromatic N) is 1. The van der Waals surface area contributed by atoms with Crippen LogP contribution < -0.4 is 10.9 Å². The SMILES string of the molecule is Cc1ccc(-c2csc3nc(SCC(=O)Nc4c(C(C)C)cccc4C(C)C)[nH]c(=O)c23)cc1. The van der Waals surface area contributed by atoms with Gasteiger partial charge in [0.15, 0.2) is 5.16 Å². The molecule has 5 nitrogen and oxygen atoms in total. The largest absolute Gasteiger partial charge is 0.325 e. The Bertz CT molecular complexity index is 1360. The van der Waals surface area contributed by atoms with E-state index in [1.807, 2.05) is 42.6 Å². The number of fused-ring (bicyclic) bond motifs is 1. The first-order valence-corrected chi connectivity index (χ1v) is 13.2. The van der Waals surface area contributed by atoms with Gasteiger partial charge in [-0.05, 0) is 35.4 Å². The van der Waals surface area contributed by atoms with Crippen LogP contribution >= 0.6 is 23.1 Å². The lowest BCUT2D eigenvalue weighted by atomic mass is 9.92. The lowest BCUT2D eigenvalue weighted by molar-refractivity contribution is -0.113. The number of aromatic amines is 1. The average Bonchev–Trinajstić information content (AvgIpc) is 3.22. The van der Waals surface area contributed by atoms with Crippen molar-refractivity contribution in [2.45, 2.75) is 51.6 Å². The molecule has 0 saturated carbocycles. The third-order valence-corrected chi connectivity index (χ3v) is 7.51. The van der Waals surface area contributed by atoms with Crippen molar-refractivity contribution < 1.29 is 4.79 Å². The number of anilines is 1. The molecule has 0 saturated heterocycles. The number of amides is 1. The molecule has 0 spiro atoms. The van der Waals surface area contributed by atoms with Crippen molar-refractivity contribution in [1.29, 1.82) is 0 Å². The fourth-order valence-electron chi connectivity index (χ4n) is 3.95. The summed E-state index contributed by atoms with van der Waals surface area (Å²) in [5, 5.41) is 6.13. The van der Waals surface area contributed by atoms with Crippen LogP contribution in [0.3, 0.4) is 0 Å². The molecule has 0 aliphatic carbocycles. The molecule has 4 rings (SSSR count). The Kier molecular flexibility index (Phi) is 7.24. The minimum atomic E-state index is -0.183. The molecule has 0 aliphatic heterocycles. The van der Waals surface area contributed by atoms with E-state index in [1.165, 1.54) is 28.7 Å². The lowest BCUT2D eigenvalue weighted by Crippen LogP contribution is -2.18. The summed E-state index contributed by atoms with van der Waals surface area (Å²) in [5.41, 5.74) is 6.01. The molecule has 1 amide bonds. The van der Waals surface area contributed by atoms with Gasteiger partial charge in [0.05, 0.1) is 11.1 Å². The van der Waals surface area contributed by atoms with Gasteiger partial charge in [-0.2, -0.15) is 0 Å². The van der Waals surface area contributed by atoms with Gasteiger partial charge in [-0.1, -0.05) is 87.5 Å². The highest BCUT2D eigenvalue weighted by molar-refractivity contribution is 7.99. The number of H-pyrrole nitrogens is 1. The standard InChI is InChI=1S/C27H29N3O2S2/c1-15(2)19-7-6-8-20(16(3)4)24(19)28-22(31)14-34-27-29-25(32)23-21(13-33-26(23)30-27)18-11-9-17(5)10-12-18/h6-13,15-16H,14H2,1-5H3,(H,28,31)(H,29,30,32). The molecule has 7 heteroatoms. The highest BCUT2D eigenvalue weighted by Crippen LogP contribution is 2.33. The van der Waals surface area contributed by atoms with Crippen LogP contribution in [0.15, 0.2) is 57.8 Å². The van der Waals surface area contributed by atoms with Gasteiger partial charge in [-0.25, -0.2) is 4.98 Å². The van der Waals surface area contributed by atoms with Gasteiger partial charge in [-0.3, -0.25) is 9.59 Å². The van der Waals surface area contributed by atoms with Crippen LogP contribution in [-0.2, 0) is 4.79 Å². The summed E-state index contributed by atoms with van der Waals surface area (Å²) in [6.45, 7) is 10.5. The molecule has 2 aromatic carbocycles. The fraction of sp³-hybridized carbons (Fsp3) is 0.296. The Morgan fingerprint density at radius 3 is 2.32 bits per heavy atom. The number of thioether (sulfide) groups is 1. The van der Waals surface area contributed by atoms with E-state index in [9.17, 15) is 9.59 Å². The second kappa shape index (κ2) is 10.2. The molecular formula is C27H29N3O2S2. The fourth-order valence-corrected chi connectivity index (χ4v) is 5.61. The van der Waals surface area contributed by atoms with Crippen molar-refractivity contribution in [2.75, 3.05) is 11.1 Å². The molecule has 4 aromatic rings. The summed E-state index contributed by atoms with van der Waals surface area (Å²) >= 11 is 2.68. The Hall–Kier alpha value is -2.90. The third kappa shape index (κ3) is 5.10. The van der Waals surface area contributed by atoms with E-state index < -0.39 is 0 Å². The molecule has 176 valence electrons. The van der Waals surface area contributed by atoms with Crippen molar-refractivity contribution in [3.05, 3.63) is 74.9 Å². The van der Waals surface area contributed by atoms with E-state index in [0.717, 1.165) is 27.9 Å². The number of carbonyl (C=O) groups is 1. The van der Waals surface area contributed by atoms with Gasteiger partial charge in [-0.15, -0.1) is 11.3 Å². The van der Waals surface area contributed by atoms with Crippen molar-refractivity contribution >= 4 is 44.9 Å². The molecule has 0 atom stereocenters. The molecule has 2 heterocycles. The van der Waals surface area contributed by atoms with Crippen molar-refractivity contribution in [2.24, 2.45) is 0 Å². The van der Waals surface area contributed by atoms with E-state index >= 15 is 0 Å². The molecule has 0 bridgehead atoms. The zero-order chi connectivity index (χ0) is 24.4. The summed E-state index contributed by atoms with van der Waals surface area (Å²) in [6.07, 6.45) is 0. The monoisotopic (exact) mass is 491 g/mol. The van der Waals surface area contributed by atoms with Crippen LogP contribution in [0.25, 0.3) is 21.3 Å². The van der Waals surface area contributed by atoms with Crippen LogP contribution in [0.5, 0.6) is 0 Å². The Morgan fingerprint density at radius 1 is 1.06 bits per heavy atom. The highest BCUT2D eigenvalue weighted by atomic mass is 32.2. The van der Waals surface area contributed by atoms with Crippen LogP contribution in [0, 0.1) is 6.92 Å². The Balaban J connectivity index is 1.53. The number of nitrogens with one attached hydrogen (secondary N) is 2. The summed E-state index contributed by atoms with van der Waals surface area (Å²) < 4.78 is 0. The summed E-state index contributed by atoms with van der Waals surface area (Å²) in [5.74, 6) is 0.635. The maximum absolute atomic E-state index is 12.9. The zero-order valence-corrected chi connectivity index (χ0v) is 21.7. The van der Waals surface area contributed by atoms with E-state index in [-0.39, 0.29) is 17.2 Å². The number of hydrogen-bond acceptors (Lipinski definition) is 5. The van der Waals surface area contributed by atoms with Crippen molar-refractivity contribution in [3.8, 4) is 11.1 Å². The third-order valence-electron chi connectivity index (χ3n) is 5.76. The number of hydrogen-bond donors (Lipinski definition) is 2. The smallest absolute Gasteiger partial charge is 0.260 e. The minimum absolute atomic E-state index is 0.116.